The third-order valence-corrected chi connectivity index (χ3v) is 4.87. The van der Waals surface area contributed by atoms with Crippen molar-refractivity contribution >= 4 is 11.9 Å². The molecular weight excluding hydrogens is 356 g/mol. The third kappa shape index (κ3) is 3.53. The average Bonchev–Trinajstić information content (AvgIpc) is 3.15. The van der Waals surface area contributed by atoms with E-state index in [1.807, 2.05) is 35.2 Å². The monoisotopic (exact) mass is 378 g/mol. The van der Waals surface area contributed by atoms with Crippen LogP contribution in [0.1, 0.15) is 10.5 Å². The van der Waals surface area contributed by atoms with Crippen LogP contribution in [0.15, 0.2) is 48.8 Å². The molecule has 0 atom stereocenters. The Balaban J connectivity index is 1.48. The summed E-state index contributed by atoms with van der Waals surface area (Å²) in [4.78, 5) is 25.5. The van der Waals surface area contributed by atoms with Gasteiger partial charge in [-0.3, -0.25) is 9.48 Å². The maximum Gasteiger partial charge on any atom is 0.272 e. The number of nitrogens with zero attached hydrogens (tertiary/aromatic N) is 6. The first-order valence-electron chi connectivity index (χ1n) is 9.15. The van der Waals surface area contributed by atoms with Crippen LogP contribution >= 0.6 is 0 Å². The second kappa shape index (κ2) is 7.67. The van der Waals surface area contributed by atoms with E-state index >= 15 is 0 Å². The summed E-state index contributed by atoms with van der Waals surface area (Å²) in [6.45, 7) is 2.65. The molecule has 144 valence electrons. The Hall–Kier alpha value is -3.42. The topological polar surface area (TPSA) is 76.4 Å². The number of amides is 1. The van der Waals surface area contributed by atoms with Gasteiger partial charge in [-0.2, -0.15) is 5.10 Å². The van der Waals surface area contributed by atoms with E-state index in [1.54, 1.807) is 37.3 Å². The van der Waals surface area contributed by atoms with Crippen molar-refractivity contribution < 1.29 is 9.53 Å². The van der Waals surface area contributed by atoms with Gasteiger partial charge in [0.25, 0.3) is 5.91 Å². The molecule has 4 rings (SSSR count). The molecule has 2 aromatic heterocycles. The number of benzene rings is 1. The lowest BCUT2D eigenvalue weighted by Gasteiger charge is -2.34. The predicted octanol–water partition coefficient (Wildman–Crippen LogP) is 1.85. The van der Waals surface area contributed by atoms with E-state index in [-0.39, 0.29) is 5.91 Å². The zero-order chi connectivity index (χ0) is 19.5. The second-order valence-corrected chi connectivity index (χ2v) is 6.60. The number of anilines is 1. The van der Waals surface area contributed by atoms with E-state index in [0.717, 1.165) is 17.0 Å². The average molecular weight is 378 g/mol. The van der Waals surface area contributed by atoms with E-state index < -0.39 is 0 Å². The van der Waals surface area contributed by atoms with Crippen LogP contribution in [0.2, 0.25) is 0 Å². The SMILES string of the molecule is COc1cccc(-c2cc(C(=O)N3CCN(c4ncccn4)CC3)n(C)n2)c1. The van der Waals surface area contributed by atoms with E-state index in [9.17, 15) is 4.79 Å². The quantitative estimate of drug-likeness (QED) is 0.690. The third-order valence-electron chi connectivity index (χ3n) is 4.87. The van der Waals surface area contributed by atoms with Crippen LogP contribution in [0, 0.1) is 0 Å². The fourth-order valence-electron chi connectivity index (χ4n) is 3.32. The van der Waals surface area contributed by atoms with E-state index in [0.29, 0.717) is 37.8 Å². The van der Waals surface area contributed by atoms with Gasteiger partial charge in [0.2, 0.25) is 5.95 Å². The molecule has 0 aliphatic carbocycles. The molecule has 0 bridgehead atoms. The normalized spacial score (nSPS) is 14.2. The number of hydrogen-bond acceptors (Lipinski definition) is 6. The van der Waals surface area contributed by atoms with Gasteiger partial charge in [0.05, 0.1) is 12.8 Å². The molecule has 8 heteroatoms. The first kappa shape index (κ1) is 18.0. The molecule has 1 aliphatic heterocycles. The number of methoxy groups -OCH3 is 1. The zero-order valence-electron chi connectivity index (χ0n) is 15.9. The van der Waals surface area contributed by atoms with Gasteiger partial charge >= 0.3 is 0 Å². The highest BCUT2D eigenvalue weighted by Crippen LogP contribution is 2.24. The van der Waals surface area contributed by atoms with Gasteiger partial charge in [0.15, 0.2) is 0 Å². The summed E-state index contributed by atoms with van der Waals surface area (Å²) >= 11 is 0. The Bertz CT molecular complexity index is 964. The fourth-order valence-corrected chi connectivity index (χ4v) is 3.32. The molecule has 0 N–H and O–H groups in total. The number of carbonyl (C=O) groups is 1. The molecule has 3 aromatic rings. The van der Waals surface area contributed by atoms with Crippen molar-refractivity contribution in [3.8, 4) is 17.0 Å². The molecule has 1 saturated heterocycles. The summed E-state index contributed by atoms with van der Waals surface area (Å²) in [7, 11) is 3.43. The summed E-state index contributed by atoms with van der Waals surface area (Å²) < 4.78 is 6.92. The maximum atomic E-state index is 13.0. The van der Waals surface area contributed by atoms with Crippen LogP contribution in [0.4, 0.5) is 5.95 Å². The van der Waals surface area contributed by atoms with E-state index in [1.165, 1.54) is 0 Å². The highest BCUT2D eigenvalue weighted by Gasteiger charge is 2.25. The lowest BCUT2D eigenvalue weighted by molar-refractivity contribution is 0.0735. The molecule has 0 saturated carbocycles. The highest BCUT2D eigenvalue weighted by molar-refractivity contribution is 5.94. The minimum absolute atomic E-state index is 0.0159. The van der Waals surface area contributed by atoms with E-state index in [4.69, 9.17) is 4.74 Å². The Morgan fingerprint density at radius 3 is 2.50 bits per heavy atom. The van der Waals surface area contributed by atoms with Crippen LogP contribution in [0.5, 0.6) is 5.75 Å². The number of ether oxygens (including phenoxy) is 1. The molecule has 0 unspecified atom stereocenters. The van der Waals surface area contributed by atoms with Gasteiger partial charge in [-0.1, -0.05) is 12.1 Å². The largest absolute Gasteiger partial charge is 0.497 e. The molecule has 1 aliphatic rings. The van der Waals surface area contributed by atoms with Crippen molar-refractivity contribution in [3.63, 3.8) is 0 Å². The number of aromatic nitrogens is 4. The van der Waals surface area contributed by atoms with Crippen LogP contribution in [0.25, 0.3) is 11.3 Å². The van der Waals surface area contributed by atoms with Crippen LogP contribution < -0.4 is 9.64 Å². The van der Waals surface area contributed by atoms with Crippen molar-refractivity contribution in [2.24, 2.45) is 7.05 Å². The van der Waals surface area contributed by atoms with Gasteiger partial charge in [0, 0.05) is 51.2 Å². The fraction of sp³-hybridized carbons (Fsp3) is 0.300. The van der Waals surface area contributed by atoms with Gasteiger partial charge < -0.3 is 14.5 Å². The number of rotatable bonds is 4. The molecule has 28 heavy (non-hydrogen) atoms. The Kier molecular flexibility index (Phi) is 4.92. The summed E-state index contributed by atoms with van der Waals surface area (Å²) in [6, 6.07) is 11.3. The standard InChI is InChI=1S/C20H22N6O2/c1-24-18(14-17(23-24)15-5-3-6-16(13-15)28-2)19(27)25-9-11-26(12-10-25)20-21-7-4-8-22-20/h3-8,13-14H,9-12H2,1-2H3. The minimum atomic E-state index is -0.0159. The number of aryl methyl sites for hydroxylation is 1. The summed E-state index contributed by atoms with van der Waals surface area (Å²) in [5.41, 5.74) is 2.24. The van der Waals surface area contributed by atoms with Crippen molar-refractivity contribution in [1.29, 1.82) is 0 Å². The summed E-state index contributed by atoms with van der Waals surface area (Å²) in [5.74, 6) is 1.45. The van der Waals surface area contributed by atoms with Gasteiger partial charge in [-0.25, -0.2) is 9.97 Å². The smallest absolute Gasteiger partial charge is 0.272 e. The van der Waals surface area contributed by atoms with Gasteiger partial charge in [-0.05, 0) is 24.3 Å². The Morgan fingerprint density at radius 2 is 1.79 bits per heavy atom. The van der Waals surface area contributed by atoms with Crippen LogP contribution in [0.3, 0.4) is 0 Å². The summed E-state index contributed by atoms with van der Waals surface area (Å²) in [6.07, 6.45) is 3.46. The first-order chi connectivity index (χ1) is 13.7. The molecule has 0 radical (unpaired) electrons. The highest BCUT2D eigenvalue weighted by atomic mass is 16.5. The van der Waals surface area contributed by atoms with Gasteiger partial charge in [0.1, 0.15) is 11.4 Å². The van der Waals surface area contributed by atoms with Crippen molar-refractivity contribution in [2.75, 3.05) is 38.2 Å². The summed E-state index contributed by atoms with van der Waals surface area (Å²) in [5, 5.41) is 4.52. The maximum absolute atomic E-state index is 13.0. The second-order valence-electron chi connectivity index (χ2n) is 6.60. The van der Waals surface area contributed by atoms with Crippen molar-refractivity contribution in [1.82, 2.24) is 24.6 Å². The number of piperazine rings is 1. The van der Waals surface area contributed by atoms with Crippen LogP contribution in [-0.4, -0.2) is 63.8 Å². The number of carbonyl (C=O) groups excluding carboxylic acids is 1. The Morgan fingerprint density at radius 1 is 1.04 bits per heavy atom. The molecule has 0 spiro atoms. The molecule has 8 nitrogen and oxygen atoms in total. The molecule has 1 aromatic carbocycles. The minimum Gasteiger partial charge on any atom is -0.497 e. The molecule has 1 amide bonds. The lowest BCUT2D eigenvalue weighted by atomic mass is 10.1. The zero-order valence-corrected chi connectivity index (χ0v) is 15.9. The molecule has 3 heterocycles. The predicted molar refractivity (Wildman–Crippen MR) is 105 cm³/mol. The molecular formula is C20H22N6O2. The first-order valence-corrected chi connectivity index (χ1v) is 9.15. The van der Waals surface area contributed by atoms with E-state index in [2.05, 4.69) is 20.0 Å². The Labute approximate surface area is 163 Å². The molecule has 1 fully saturated rings. The number of hydrogen-bond donors (Lipinski definition) is 0. The lowest BCUT2D eigenvalue weighted by Crippen LogP contribution is -2.49. The van der Waals surface area contributed by atoms with Crippen molar-refractivity contribution in [2.45, 2.75) is 0 Å². The van der Waals surface area contributed by atoms with Crippen LogP contribution in [-0.2, 0) is 7.05 Å². The van der Waals surface area contributed by atoms with Crippen molar-refractivity contribution in [3.05, 3.63) is 54.5 Å². The van der Waals surface area contributed by atoms with Gasteiger partial charge in [-0.15, -0.1) is 0 Å².